The maximum Gasteiger partial charge on any atom is 0.328 e. The van der Waals surface area contributed by atoms with Gasteiger partial charge in [-0.25, -0.2) is 4.79 Å². The van der Waals surface area contributed by atoms with Crippen LogP contribution in [-0.4, -0.2) is 23.3 Å². The van der Waals surface area contributed by atoms with E-state index >= 15 is 0 Å². The Labute approximate surface area is 184 Å². The second-order valence-electron chi connectivity index (χ2n) is 8.27. The zero-order valence-corrected chi connectivity index (χ0v) is 19.6. The molecule has 0 saturated heterocycles. The molecule has 1 aromatic rings. The lowest BCUT2D eigenvalue weighted by molar-refractivity contribution is -0.131. The third-order valence-electron chi connectivity index (χ3n) is 4.75. The standard InChI is InChI=1S/C25H31ClO4/c1-8-29-23-18(17(5)11-9-10-16(4)12-21(27)28)13-19-20(15(2)3)14-25(6,7)30-24(19)22(23)26/h9-15H,8H2,1-7H3,(H,27,28). The molecule has 0 bridgehead atoms. The molecule has 162 valence electrons. The van der Waals surface area contributed by atoms with Crippen LogP contribution in [-0.2, 0) is 4.79 Å². The van der Waals surface area contributed by atoms with Gasteiger partial charge >= 0.3 is 5.97 Å². The van der Waals surface area contributed by atoms with E-state index in [2.05, 4.69) is 26.0 Å². The SMILES string of the molecule is CCOc1c(C(C)=CC=CC(C)=CC(=O)O)cc2c(c1Cl)OC(C)(C)C=C2C(C)C. The average molecular weight is 431 g/mol. The van der Waals surface area contributed by atoms with Crippen molar-refractivity contribution in [3.8, 4) is 11.5 Å². The van der Waals surface area contributed by atoms with Gasteiger partial charge in [0.2, 0.25) is 0 Å². The highest BCUT2D eigenvalue weighted by molar-refractivity contribution is 6.34. The van der Waals surface area contributed by atoms with Crippen molar-refractivity contribution in [1.82, 2.24) is 0 Å². The van der Waals surface area contributed by atoms with E-state index in [1.807, 2.05) is 39.8 Å². The maximum atomic E-state index is 10.8. The predicted molar refractivity (Wildman–Crippen MR) is 124 cm³/mol. The van der Waals surface area contributed by atoms with Crippen molar-refractivity contribution in [1.29, 1.82) is 0 Å². The lowest BCUT2D eigenvalue weighted by atomic mass is 9.86. The third kappa shape index (κ3) is 5.57. The first-order valence-corrected chi connectivity index (χ1v) is 10.5. The van der Waals surface area contributed by atoms with Gasteiger partial charge in [-0.05, 0) is 69.4 Å². The zero-order valence-electron chi connectivity index (χ0n) is 18.8. The number of aliphatic carboxylic acids is 1. The van der Waals surface area contributed by atoms with E-state index in [0.717, 1.165) is 16.7 Å². The van der Waals surface area contributed by atoms with Crippen LogP contribution < -0.4 is 9.47 Å². The summed E-state index contributed by atoms with van der Waals surface area (Å²) in [4.78, 5) is 10.8. The van der Waals surface area contributed by atoms with E-state index in [1.54, 1.807) is 13.0 Å². The molecule has 0 aliphatic carbocycles. The van der Waals surface area contributed by atoms with Gasteiger partial charge in [0.1, 0.15) is 16.4 Å². The second-order valence-corrected chi connectivity index (χ2v) is 8.65. The Morgan fingerprint density at radius 1 is 1.33 bits per heavy atom. The van der Waals surface area contributed by atoms with Crippen molar-refractivity contribution >= 4 is 28.7 Å². The van der Waals surface area contributed by atoms with Gasteiger partial charge in [-0.15, -0.1) is 0 Å². The fourth-order valence-electron chi connectivity index (χ4n) is 3.41. The van der Waals surface area contributed by atoms with Crippen molar-refractivity contribution in [2.75, 3.05) is 6.61 Å². The van der Waals surface area contributed by atoms with E-state index in [0.29, 0.717) is 34.6 Å². The molecule has 1 N–H and O–H groups in total. The van der Waals surface area contributed by atoms with Crippen LogP contribution in [0.1, 0.15) is 59.6 Å². The minimum Gasteiger partial charge on any atom is -0.492 e. The Morgan fingerprint density at radius 2 is 2.00 bits per heavy atom. The summed E-state index contributed by atoms with van der Waals surface area (Å²) in [5.41, 5.74) is 4.21. The topological polar surface area (TPSA) is 55.8 Å². The highest BCUT2D eigenvalue weighted by Crippen LogP contribution is 2.49. The molecule has 0 spiro atoms. The predicted octanol–water partition coefficient (Wildman–Crippen LogP) is 6.94. The molecule has 0 saturated carbocycles. The fraction of sp³-hybridized carbons (Fsp3) is 0.400. The summed E-state index contributed by atoms with van der Waals surface area (Å²) in [6.07, 6.45) is 8.82. The highest BCUT2D eigenvalue weighted by Gasteiger charge is 2.32. The Bertz CT molecular complexity index is 946. The maximum absolute atomic E-state index is 10.8. The lowest BCUT2D eigenvalue weighted by Gasteiger charge is -2.34. The van der Waals surface area contributed by atoms with E-state index in [1.165, 1.54) is 11.6 Å². The molecule has 0 fully saturated rings. The molecule has 2 rings (SSSR count). The molecule has 30 heavy (non-hydrogen) atoms. The van der Waals surface area contributed by atoms with Gasteiger partial charge in [-0.2, -0.15) is 0 Å². The number of carboxylic acid groups (broad SMARTS) is 1. The first-order chi connectivity index (χ1) is 14.0. The van der Waals surface area contributed by atoms with Gasteiger partial charge < -0.3 is 14.6 Å². The minimum atomic E-state index is -0.964. The summed E-state index contributed by atoms with van der Waals surface area (Å²) in [7, 11) is 0. The minimum absolute atomic E-state index is 0.307. The number of hydrogen-bond donors (Lipinski definition) is 1. The van der Waals surface area contributed by atoms with Gasteiger partial charge in [-0.1, -0.05) is 43.7 Å². The van der Waals surface area contributed by atoms with Crippen molar-refractivity contribution in [2.24, 2.45) is 5.92 Å². The van der Waals surface area contributed by atoms with Crippen LogP contribution in [0.25, 0.3) is 11.1 Å². The van der Waals surface area contributed by atoms with Crippen molar-refractivity contribution in [2.45, 2.75) is 54.1 Å². The van der Waals surface area contributed by atoms with Gasteiger partial charge in [0.05, 0.1) is 6.61 Å². The molecule has 0 amide bonds. The number of carbonyl (C=O) groups is 1. The average Bonchev–Trinajstić information content (AvgIpc) is 2.62. The molecule has 1 aliphatic heterocycles. The molecule has 0 unspecified atom stereocenters. The molecule has 1 aliphatic rings. The number of fused-ring (bicyclic) bond motifs is 1. The Morgan fingerprint density at radius 3 is 2.57 bits per heavy atom. The number of halogens is 1. The van der Waals surface area contributed by atoms with E-state index < -0.39 is 11.6 Å². The molecule has 1 heterocycles. The number of benzene rings is 1. The van der Waals surface area contributed by atoms with Crippen molar-refractivity contribution in [3.63, 3.8) is 0 Å². The summed E-state index contributed by atoms with van der Waals surface area (Å²) in [5.74, 6) is 0.595. The third-order valence-corrected chi connectivity index (χ3v) is 5.09. The summed E-state index contributed by atoms with van der Waals surface area (Å²) in [6, 6.07) is 2.08. The van der Waals surface area contributed by atoms with E-state index in [-0.39, 0.29) is 0 Å². The molecule has 5 heteroatoms. The van der Waals surface area contributed by atoms with Crippen LogP contribution in [0.5, 0.6) is 11.5 Å². The Hall–Kier alpha value is -2.46. The molecular formula is C25H31ClO4. The van der Waals surface area contributed by atoms with Crippen molar-refractivity contribution < 1.29 is 19.4 Å². The molecule has 1 aromatic carbocycles. The van der Waals surface area contributed by atoms with Crippen molar-refractivity contribution in [3.05, 3.63) is 58.2 Å². The first kappa shape index (κ1) is 23.8. The van der Waals surface area contributed by atoms with E-state index in [9.17, 15) is 4.79 Å². The Kier molecular flexibility index (Phi) is 7.59. The number of carboxylic acids is 1. The van der Waals surface area contributed by atoms with Crippen LogP contribution in [0.2, 0.25) is 5.02 Å². The van der Waals surface area contributed by atoms with E-state index in [4.69, 9.17) is 26.2 Å². The van der Waals surface area contributed by atoms with Gasteiger partial charge in [-0.3, -0.25) is 0 Å². The summed E-state index contributed by atoms with van der Waals surface area (Å²) >= 11 is 6.80. The number of allylic oxidation sites excluding steroid dienone is 6. The van der Waals surface area contributed by atoms with Crippen LogP contribution in [0, 0.1) is 5.92 Å². The molecular weight excluding hydrogens is 400 g/mol. The molecule has 0 atom stereocenters. The molecule has 4 nitrogen and oxygen atoms in total. The number of rotatable bonds is 7. The lowest BCUT2D eigenvalue weighted by Crippen LogP contribution is -2.30. The normalized spacial score (nSPS) is 16.4. The van der Waals surface area contributed by atoms with Crippen LogP contribution in [0.3, 0.4) is 0 Å². The van der Waals surface area contributed by atoms with Crippen LogP contribution in [0.4, 0.5) is 0 Å². The smallest absolute Gasteiger partial charge is 0.328 e. The number of ether oxygens (including phenoxy) is 2. The largest absolute Gasteiger partial charge is 0.492 e. The Balaban J connectivity index is 2.62. The fourth-order valence-corrected chi connectivity index (χ4v) is 3.70. The highest BCUT2D eigenvalue weighted by atomic mass is 35.5. The van der Waals surface area contributed by atoms with Crippen LogP contribution in [0.15, 0.2) is 42.0 Å². The second kappa shape index (κ2) is 9.57. The zero-order chi connectivity index (χ0) is 22.6. The van der Waals surface area contributed by atoms with Gasteiger partial charge in [0.15, 0.2) is 5.75 Å². The monoisotopic (exact) mass is 430 g/mol. The van der Waals surface area contributed by atoms with Crippen LogP contribution >= 0.6 is 11.6 Å². The van der Waals surface area contributed by atoms with Gasteiger partial charge in [0, 0.05) is 17.2 Å². The number of hydrogen-bond acceptors (Lipinski definition) is 3. The first-order valence-electron chi connectivity index (χ1n) is 10.1. The van der Waals surface area contributed by atoms with Gasteiger partial charge in [0.25, 0.3) is 0 Å². The summed E-state index contributed by atoms with van der Waals surface area (Å²) in [5, 5.41) is 9.32. The quantitative estimate of drug-likeness (QED) is 0.376. The summed E-state index contributed by atoms with van der Waals surface area (Å²) in [6.45, 7) is 14.5. The molecule has 0 aromatic heterocycles. The molecule has 0 radical (unpaired) electrons. The summed E-state index contributed by atoms with van der Waals surface area (Å²) < 4.78 is 12.1.